The molecule has 0 radical (unpaired) electrons. The van der Waals surface area contributed by atoms with Crippen molar-refractivity contribution in [3.05, 3.63) is 186 Å². The molecule has 7 aromatic carbocycles. The minimum atomic E-state index is -0.0994. The Morgan fingerprint density at radius 2 is 0.906 bits per heavy atom. The minimum absolute atomic E-state index is 0. The summed E-state index contributed by atoms with van der Waals surface area (Å²) < 4.78 is 0. The lowest BCUT2D eigenvalue weighted by molar-refractivity contribution is 0.660. The van der Waals surface area contributed by atoms with Crippen LogP contribution in [0.25, 0.3) is 78.7 Å². The number of nitrogens with zero attached hydrogens (tertiary/aromatic N) is 3. The molecule has 0 bridgehead atoms. The lowest BCUT2D eigenvalue weighted by Crippen LogP contribution is -2.14. The van der Waals surface area contributed by atoms with Crippen LogP contribution in [0.4, 0.5) is 0 Å². The summed E-state index contributed by atoms with van der Waals surface area (Å²) in [6, 6.07) is 58.6. The normalized spacial score (nSPS) is 13.0. The van der Waals surface area contributed by atoms with Gasteiger partial charge in [-0.3, -0.25) is 0 Å². The summed E-state index contributed by atoms with van der Waals surface area (Å²) in [4.78, 5) is 15.3. The molecule has 8 aromatic rings. The fourth-order valence-electron chi connectivity index (χ4n) is 8.33. The summed E-state index contributed by atoms with van der Waals surface area (Å²) >= 11 is 0. The topological polar surface area (TPSA) is 38.7 Å². The third-order valence-corrected chi connectivity index (χ3v) is 11.0. The van der Waals surface area contributed by atoms with Crippen molar-refractivity contribution >= 4 is 0 Å². The minimum Gasteiger partial charge on any atom is -0.208 e. The molecule has 1 heterocycles. The molecule has 254 valence electrons. The van der Waals surface area contributed by atoms with Crippen molar-refractivity contribution in [1.82, 2.24) is 15.0 Å². The maximum Gasteiger partial charge on any atom is 0.164 e. The first kappa shape index (κ1) is 32.5. The first-order valence-electron chi connectivity index (χ1n) is 18.0. The van der Waals surface area contributed by atoms with E-state index in [4.69, 9.17) is 15.0 Å². The molecule has 3 nitrogen and oxygen atoms in total. The predicted octanol–water partition coefficient (Wildman–Crippen LogP) is 12.7. The Hall–Kier alpha value is -6.45. The molecule has 1 aromatic heterocycles. The molecule has 0 aliphatic heterocycles. The van der Waals surface area contributed by atoms with Crippen molar-refractivity contribution in [2.24, 2.45) is 0 Å². The van der Waals surface area contributed by atoms with Crippen LogP contribution in [0.3, 0.4) is 0 Å². The highest BCUT2D eigenvalue weighted by Crippen LogP contribution is 2.50. The van der Waals surface area contributed by atoms with Gasteiger partial charge in [-0.15, -0.1) is 0 Å². The highest BCUT2D eigenvalue weighted by Gasteiger charge is 2.35. The maximum absolute atomic E-state index is 5.16. The van der Waals surface area contributed by atoms with Crippen LogP contribution in [0.5, 0.6) is 0 Å². The molecule has 0 saturated heterocycles. The summed E-state index contributed by atoms with van der Waals surface area (Å²) in [5.74, 6) is 1.97. The van der Waals surface area contributed by atoms with Crippen LogP contribution in [-0.2, 0) is 11.8 Å². The number of benzene rings is 7. The van der Waals surface area contributed by atoms with Crippen molar-refractivity contribution < 1.29 is 0 Å². The Morgan fingerprint density at radius 1 is 0.377 bits per heavy atom. The van der Waals surface area contributed by atoms with Gasteiger partial charge in [-0.25, -0.2) is 15.0 Å². The number of aromatic nitrogens is 3. The van der Waals surface area contributed by atoms with Crippen molar-refractivity contribution in [3.8, 4) is 78.7 Å². The number of fused-ring (bicyclic) bond motifs is 6. The number of hydrogen-bond acceptors (Lipinski definition) is 3. The molecule has 0 fully saturated rings. The second-order valence-corrected chi connectivity index (χ2v) is 14.4. The Morgan fingerprint density at radius 3 is 1.62 bits per heavy atom. The summed E-state index contributed by atoms with van der Waals surface area (Å²) in [5.41, 5.74) is 18.2. The molecule has 3 heteroatoms. The lowest BCUT2D eigenvalue weighted by atomic mass is 9.81. The average Bonchev–Trinajstić information content (AvgIpc) is 3.70. The van der Waals surface area contributed by atoms with Crippen LogP contribution in [-0.4, -0.2) is 15.0 Å². The summed E-state index contributed by atoms with van der Waals surface area (Å²) in [6.45, 7) is 4.69. The molecule has 2 aliphatic carbocycles. The molecule has 0 saturated carbocycles. The Bertz CT molecular complexity index is 2620. The van der Waals surface area contributed by atoms with Gasteiger partial charge in [0.15, 0.2) is 17.5 Å². The third-order valence-electron chi connectivity index (χ3n) is 11.0. The molecule has 0 spiro atoms. The monoisotopic (exact) mass is 681 g/mol. The van der Waals surface area contributed by atoms with E-state index in [1.54, 1.807) is 0 Å². The summed E-state index contributed by atoms with van der Waals surface area (Å²) in [6.07, 6.45) is 0.911. The summed E-state index contributed by atoms with van der Waals surface area (Å²) in [5, 5.41) is 0. The Labute approximate surface area is 311 Å². The molecular formula is C50H39N3. The van der Waals surface area contributed by atoms with Gasteiger partial charge in [0.25, 0.3) is 0 Å². The third kappa shape index (κ3) is 5.39. The van der Waals surface area contributed by atoms with E-state index >= 15 is 0 Å². The molecule has 0 N–H and O–H groups in total. The van der Waals surface area contributed by atoms with Gasteiger partial charge in [-0.1, -0.05) is 161 Å². The standard InChI is InChI=1S/C49H35N3.CH4/c1-49(2)44-23-12-11-20-41(44)42-25-24-33(30-45(42)49)35-26-36(39-21-13-22-40-38-19-10-9-18-34(38)29-43(39)40)28-37(27-35)48-51-46(31-14-5-3-6-15-31)50-47(52-48)32-16-7-4-8-17-32;/h3-28,30H,29H2,1-2H3;1H4. The van der Waals surface area contributed by atoms with Gasteiger partial charge in [0, 0.05) is 22.1 Å². The van der Waals surface area contributed by atoms with Gasteiger partial charge in [-0.2, -0.15) is 0 Å². The Balaban J connectivity index is 0.00000372. The molecule has 53 heavy (non-hydrogen) atoms. The molecule has 0 amide bonds. The zero-order valence-electron chi connectivity index (χ0n) is 29.1. The molecular weight excluding hydrogens is 643 g/mol. The van der Waals surface area contributed by atoms with E-state index in [9.17, 15) is 0 Å². The molecule has 0 atom stereocenters. The van der Waals surface area contributed by atoms with Gasteiger partial charge < -0.3 is 0 Å². The van der Waals surface area contributed by atoms with Gasteiger partial charge in [0.05, 0.1) is 0 Å². The predicted molar refractivity (Wildman–Crippen MR) is 220 cm³/mol. The first-order chi connectivity index (χ1) is 25.5. The largest absolute Gasteiger partial charge is 0.208 e. The van der Waals surface area contributed by atoms with E-state index in [-0.39, 0.29) is 12.8 Å². The van der Waals surface area contributed by atoms with Gasteiger partial charge >= 0.3 is 0 Å². The smallest absolute Gasteiger partial charge is 0.164 e. The Kier molecular flexibility index (Phi) is 7.74. The van der Waals surface area contributed by atoms with Gasteiger partial charge in [0.2, 0.25) is 0 Å². The van der Waals surface area contributed by atoms with E-state index in [2.05, 4.69) is 141 Å². The zero-order valence-corrected chi connectivity index (χ0v) is 29.1. The second kappa shape index (κ2) is 12.6. The number of hydrogen-bond donors (Lipinski definition) is 0. The van der Waals surface area contributed by atoms with E-state index in [1.807, 2.05) is 36.4 Å². The first-order valence-corrected chi connectivity index (χ1v) is 18.0. The summed E-state index contributed by atoms with van der Waals surface area (Å²) in [7, 11) is 0. The molecule has 10 rings (SSSR count). The number of rotatable bonds is 5. The van der Waals surface area contributed by atoms with Crippen molar-refractivity contribution in [3.63, 3.8) is 0 Å². The lowest BCUT2D eigenvalue weighted by Gasteiger charge is -2.22. The second-order valence-electron chi connectivity index (χ2n) is 14.4. The fraction of sp³-hybridized carbons (Fsp3) is 0.100. The van der Waals surface area contributed by atoms with E-state index in [0.29, 0.717) is 17.5 Å². The highest BCUT2D eigenvalue weighted by atomic mass is 15.0. The van der Waals surface area contributed by atoms with Crippen LogP contribution in [0.2, 0.25) is 0 Å². The van der Waals surface area contributed by atoms with Crippen LogP contribution in [0.15, 0.2) is 164 Å². The van der Waals surface area contributed by atoms with Crippen LogP contribution in [0.1, 0.15) is 43.5 Å². The van der Waals surface area contributed by atoms with Gasteiger partial charge in [0.1, 0.15) is 0 Å². The van der Waals surface area contributed by atoms with E-state index < -0.39 is 0 Å². The van der Waals surface area contributed by atoms with Crippen molar-refractivity contribution in [2.45, 2.75) is 33.1 Å². The molecule has 2 aliphatic rings. The maximum atomic E-state index is 5.16. The van der Waals surface area contributed by atoms with Crippen LogP contribution >= 0.6 is 0 Å². The average molecular weight is 682 g/mol. The van der Waals surface area contributed by atoms with Crippen LogP contribution < -0.4 is 0 Å². The van der Waals surface area contributed by atoms with Crippen molar-refractivity contribution in [2.75, 3.05) is 0 Å². The zero-order chi connectivity index (χ0) is 34.8. The molecule has 0 unspecified atom stereocenters. The highest BCUT2D eigenvalue weighted by molar-refractivity contribution is 5.89. The fourth-order valence-corrected chi connectivity index (χ4v) is 8.33. The van der Waals surface area contributed by atoms with E-state index in [1.165, 1.54) is 55.6 Å². The van der Waals surface area contributed by atoms with Gasteiger partial charge in [-0.05, 0) is 97.4 Å². The van der Waals surface area contributed by atoms with E-state index in [0.717, 1.165) is 34.2 Å². The van der Waals surface area contributed by atoms with Crippen molar-refractivity contribution in [1.29, 1.82) is 0 Å². The quantitative estimate of drug-likeness (QED) is 0.181. The van der Waals surface area contributed by atoms with Crippen LogP contribution in [0, 0.1) is 0 Å². The SMILES string of the molecule is C.CC1(C)c2ccccc2-c2ccc(-c3cc(-c4nc(-c5ccccc5)nc(-c5ccccc5)n4)cc(-c4cccc5c4Cc4ccccc4-5)c3)cc21.